The smallest absolute Gasteiger partial charge is 0.322 e. The third-order valence-corrected chi connectivity index (χ3v) is 2.51. The number of urea groups is 1. The molecular formula is C12H19N3O3. The van der Waals surface area contributed by atoms with E-state index in [1.165, 1.54) is 4.90 Å². The van der Waals surface area contributed by atoms with Crippen molar-refractivity contribution >= 4 is 11.7 Å². The van der Waals surface area contributed by atoms with E-state index in [1.54, 1.807) is 13.0 Å². The number of hydrogen-bond donors (Lipinski definition) is 2. The van der Waals surface area contributed by atoms with Gasteiger partial charge in [0.25, 0.3) is 0 Å². The number of aliphatic hydroxyl groups is 1. The Morgan fingerprint density at radius 3 is 2.94 bits per heavy atom. The third kappa shape index (κ3) is 3.33. The molecule has 1 rings (SSSR count). The van der Waals surface area contributed by atoms with Crippen LogP contribution in [-0.2, 0) is 6.42 Å². The minimum atomic E-state index is -0.301. The van der Waals surface area contributed by atoms with Crippen molar-refractivity contribution in [1.29, 1.82) is 0 Å². The molecule has 2 amide bonds. The van der Waals surface area contributed by atoms with E-state index in [9.17, 15) is 4.79 Å². The maximum atomic E-state index is 12.0. The second kappa shape index (κ2) is 6.80. The lowest BCUT2D eigenvalue weighted by atomic mass is 10.2. The summed E-state index contributed by atoms with van der Waals surface area (Å²) in [5.41, 5.74) is 1.32. The van der Waals surface area contributed by atoms with Crippen molar-refractivity contribution in [3.05, 3.63) is 24.1 Å². The second-order valence-corrected chi connectivity index (χ2v) is 3.80. The molecule has 0 unspecified atom stereocenters. The molecule has 0 aliphatic carbocycles. The summed E-state index contributed by atoms with van der Waals surface area (Å²) >= 11 is 0. The lowest BCUT2D eigenvalue weighted by Gasteiger charge is -2.20. The molecule has 18 heavy (non-hydrogen) atoms. The van der Waals surface area contributed by atoms with Gasteiger partial charge >= 0.3 is 6.03 Å². The largest absolute Gasteiger partial charge is 0.395 e. The number of aromatic nitrogens is 1. The van der Waals surface area contributed by atoms with Crippen LogP contribution in [0, 0.1) is 6.92 Å². The van der Waals surface area contributed by atoms with Gasteiger partial charge in [0.2, 0.25) is 0 Å². The van der Waals surface area contributed by atoms with Gasteiger partial charge in [0, 0.05) is 13.1 Å². The van der Waals surface area contributed by atoms with Crippen LogP contribution in [-0.4, -0.2) is 40.9 Å². The van der Waals surface area contributed by atoms with Gasteiger partial charge in [0.1, 0.15) is 11.4 Å². The van der Waals surface area contributed by atoms with Crippen LogP contribution in [0.3, 0.4) is 0 Å². The molecule has 100 valence electrons. The van der Waals surface area contributed by atoms with E-state index in [-0.39, 0.29) is 19.2 Å². The van der Waals surface area contributed by atoms with E-state index in [1.807, 2.05) is 6.92 Å². The molecule has 0 atom stereocenters. The Bertz CT molecular complexity index is 415. The first-order valence-corrected chi connectivity index (χ1v) is 5.86. The topological polar surface area (TPSA) is 78.6 Å². The number of aryl methyl sites for hydroxylation is 2. The summed E-state index contributed by atoms with van der Waals surface area (Å²) in [5.74, 6) is 0.572. The van der Waals surface area contributed by atoms with Crippen LogP contribution in [0.2, 0.25) is 0 Å². The highest BCUT2D eigenvalue weighted by Gasteiger charge is 2.17. The number of carbonyl (C=O) groups excluding carboxylic acids is 1. The van der Waals surface area contributed by atoms with E-state index in [4.69, 9.17) is 9.63 Å². The SMILES string of the molecule is C=CCN(CCO)C(=O)Nc1c(CC)noc1C. The summed E-state index contributed by atoms with van der Waals surface area (Å²) in [4.78, 5) is 13.5. The fourth-order valence-corrected chi connectivity index (χ4v) is 1.56. The van der Waals surface area contributed by atoms with E-state index in [2.05, 4.69) is 17.1 Å². The van der Waals surface area contributed by atoms with Crippen molar-refractivity contribution in [3.63, 3.8) is 0 Å². The number of amides is 2. The Balaban J connectivity index is 2.78. The number of anilines is 1. The third-order valence-electron chi connectivity index (χ3n) is 2.51. The molecule has 0 fully saturated rings. The predicted octanol–water partition coefficient (Wildman–Crippen LogP) is 1.56. The molecule has 6 nitrogen and oxygen atoms in total. The number of hydrogen-bond acceptors (Lipinski definition) is 4. The van der Waals surface area contributed by atoms with Gasteiger partial charge in [-0.25, -0.2) is 4.79 Å². The van der Waals surface area contributed by atoms with Gasteiger partial charge in [-0.05, 0) is 13.3 Å². The van der Waals surface area contributed by atoms with E-state index in [0.717, 1.165) is 0 Å². The molecule has 0 spiro atoms. The zero-order valence-corrected chi connectivity index (χ0v) is 10.8. The molecule has 0 saturated heterocycles. The van der Waals surface area contributed by atoms with Gasteiger partial charge in [-0.15, -0.1) is 6.58 Å². The molecule has 0 saturated carbocycles. The highest BCUT2D eigenvalue weighted by molar-refractivity contribution is 5.90. The van der Waals surface area contributed by atoms with E-state index in [0.29, 0.717) is 30.1 Å². The highest BCUT2D eigenvalue weighted by Crippen LogP contribution is 2.20. The summed E-state index contributed by atoms with van der Waals surface area (Å²) in [6, 6.07) is -0.301. The van der Waals surface area contributed by atoms with Gasteiger partial charge in [0.05, 0.1) is 6.61 Å². The molecule has 0 aromatic carbocycles. The lowest BCUT2D eigenvalue weighted by molar-refractivity contribution is 0.195. The van der Waals surface area contributed by atoms with Crippen molar-refractivity contribution in [2.75, 3.05) is 25.0 Å². The number of nitrogens with one attached hydrogen (secondary N) is 1. The summed E-state index contributed by atoms with van der Waals surface area (Å²) in [5, 5.41) is 15.5. The molecule has 0 aliphatic rings. The van der Waals surface area contributed by atoms with Crippen LogP contribution in [0.1, 0.15) is 18.4 Å². The molecule has 1 aromatic rings. The normalized spacial score (nSPS) is 10.2. The summed E-state index contributed by atoms with van der Waals surface area (Å²) in [6.45, 7) is 7.79. The van der Waals surface area contributed by atoms with Crippen LogP contribution in [0.25, 0.3) is 0 Å². The van der Waals surface area contributed by atoms with Gasteiger partial charge in [-0.3, -0.25) is 0 Å². The van der Waals surface area contributed by atoms with Crippen molar-refractivity contribution < 1.29 is 14.4 Å². The van der Waals surface area contributed by atoms with Crippen LogP contribution < -0.4 is 5.32 Å². The number of carbonyl (C=O) groups is 1. The Morgan fingerprint density at radius 2 is 2.39 bits per heavy atom. The summed E-state index contributed by atoms with van der Waals surface area (Å²) < 4.78 is 5.03. The van der Waals surface area contributed by atoms with Gasteiger partial charge < -0.3 is 19.8 Å². The van der Waals surface area contributed by atoms with Gasteiger partial charge in [-0.1, -0.05) is 18.2 Å². The van der Waals surface area contributed by atoms with Crippen LogP contribution in [0.15, 0.2) is 17.2 Å². The second-order valence-electron chi connectivity index (χ2n) is 3.80. The lowest BCUT2D eigenvalue weighted by Crippen LogP contribution is -2.37. The fraction of sp³-hybridized carbons (Fsp3) is 0.500. The predicted molar refractivity (Wildman–Crippen MR) is 68.5 cm³/mol. The Labute approximate surface area is 106 Å². The maximum absolute atomic E-state index is 12.0. The number of rotatable bonds is 6. The minimum absolute atomic E-state index is 0.0927. The number of aliphatic hydroxyl groups excluding tert-OH is 1. The van der Waals surface area contributed by atoms with Crippen molar-refractivity contribution in [1.82, 2.24) is 10.1 Å². The molecule has 0 radical (unpaired) electrons. The molecule has 6 heteroatoms. The standard InChI is InChI=1S/C12H19N3O3/c1-4-6-15(7-8-16)12(17)13-11-9(3)18-14-10(11)5-2/h4,16H,1,5-8H2,2-3H3,(H,13,17). The van der Waals surface area contributed by atoms with Crippen LogP contribution in [0.5, 0.6) is 0 Å². The van der Waals surface area contributed by atoms with Crippen molar-refractivity contribution in [2.24, 2.45) is 0 Å². The molecule has 1 heterocycles. The molecule has 1 aromatic heterocycles. The first-order chi connectivity index (χ1) is 8.63. The van der Waals surface area contributed by atoms with Crippen molar-refractivity contribution in [3.8, 4) is 0 Å². The van der Waals surface area contributed by atoms with Crippen molar-refractivity contribution in [2.45, 2.75) is 20.3 Å². The van der Waals surface area contributed by atoms with Gasteiger partial charge in [0.15, 0.2) is 5.76 Å². The number of nitrogens with zero attached hydrogens (tertiary/aromatic N) is 2. The Hall–Kier alpha value is -1.82. The van der Waals surface area contributed by atoms with E-state index >= 15 is 0 Å². The minimum Gasteiger partial charge on any atom is -0.395 e. The Kier molecular flexibility index (Phi) is 5.38. The quantitative estimate of drug-likeness (QED) is 0.754. The summed E-state index contributed by atoms with van der Waals surface area (Å²) in [7, 11) is 0. The average molecular weight is 253 g/mol. The van der Waals surface area contributed by atoms with Gasteiger partial charge in [-0.2, -0.15) is 0 Å². The molecule has 2 N–H and O–H groups in total. The van der Waals surface area contributed by atoms with Crippen LogP contribution >= 0.6 is 0 Å². The maximum Gasteiger partial charge on any atom is 0.322 e. The first-order valence-electron chi connectivity index (χ1n) is 5.86. The Morgan fingerprint density at radius 1 is 1.67 bits per heavy atom. The fourth-order valence-electron chi connectivity index (χ4n) is 1.56. The monoisotopic (exact) mass is 253 g/mol. The average Bonchev–Trinajstić information content (AvgIpc) is 2.70. The zero-order chi connectivity index (χ0) is 13.5. The van der Waals surface area contributed by atoms with Crippen LogP contribution in [0.4, 0.5) is 10.5 Å². The molecule has 0 aliphatic heterocycles. The first kappa shape index (κ1) is 14.2. The van der Waals surface area contributed by atoms with E-state index < -0.39 is 0 Å². The highest BCUT2D eigenvalue weighted by atomic mass is 16.5. The molecule has 0 bridgehead atoms. The zero-order valence-electron chi connectivity index (χ0n) is 10.8. The summed E-state index contributed by atoms with van der Waals surface area (Å²) in [6.07, 6.45) is 2.28. The molecular weight excluding hydrogens is 234 g/mol.